The van der Waals surface area contributed by atoms with Crippen molar-refractivity contribution < 1.29 is 9.90 Å². The highest BCUT2D eigenvalue weighted by Crippen LogP contribution is 2.40. The Labute approximate surface area is 190 Å². The van der Waals surface area contributed by atoms with Crippen LogP contribution in [0.4, 0.5) is 0 Å². The number of likely N-dealkylation sites (tertiary alicyclic amines) is 1. The maximum atomic E-state index is 12.2. The molecule has 30 heavy (non-hydrogen) atoms. The number of rotatable bonds is 10. The summed E-state index contributed by atoms with van der Waals surface area (Å²) in [6.45, 7) is 5.99. The van der Waals surface area contributed by atoms with Gasteiger partial charge in [-0.25, -0.2) is 0 Å². The second kappa shape index (κ2) is 12.3. The zero-order chi connectivity index (χ0) is 21.2. The Balaban J connectivity index is 1.41. The number of unbranched alkanes of at least 4 members (excludes halogenated alkanes) is 1. The fraction of sp³-hybridized carbons (Fsp3) is 0.708. The summed E-state index contributed by atoms with van der Waals surface area (Å²) in [6, 6.07) is 7.82. The van der Waals surface area contributed by atoms with Gasteiger partial charge in [0.25, 0.3) is 0 Å². The molecule has 0 bridgehead atoms. The van der Waals surface area contributed by atoms with Gasteiger partial charge in [-0.15, -0.1) is 0 Å². The largest absolute Gasteiger partial charge is 0.508 e. The van der Waals surface area contributed by atoms with Crippen LogP contribution in [0.25, 0.3) is 0 Å². The van der Waals surface area contributed by atoms with Crippen LogP contribution in [-0.4, -0.2) is 53.1 Å². The number of hydrogen-bond acceptors (Lipinski definition) is 5. The van der Waals surface area contributed by atoms with Gasteiger partial charge in [0.1, 0.15) is 5.75 Å². The summed E-state index contributed by atoms with van der Waals surface area (Å²) in [5, 5.41) is 13.9. The minimum absolute atomic E-state index is 0.0930. The Morgan fingerprint density at radius 2 is 2.23 bits per heavy atom. The van der Waals surface area contributed by atoms with E-state index in [1.807, 2.05) is 33.7 Å². The number of benzene rings is 1. The van der Waals surface area contributed by atoms with Crippen LogP contribution in [0.5, 0.6) is 5.75 Å². The predicted molar refractivity (Wildman–Crippen MR) is 130 cm³/mol. The van der Waals surface area contributed by atoms with E-state index in [1.54, 1.807) is 6.07 Å². The normalized spacial score (nSPS) is 25.2. The summed E-state index contributed by atoms with van der Waals surface area (Å²) in [5.41, 5.74) is 1.34. The first-order valence-corrected chi connectivity index (χ1v) is 14.1. The third-order valence-electron chi connectivity index (χ3n) is 6.70. The van der Waals surface area contributed by atoms with Crippen molar-refractivity contribution in [1.82, 2.24) is 10.2 Å². The van der Waals surface area contributed by atoms with Gasteiger partial charge in [0.15, 0.2) is 0 Å². The van der Waals surface area contributed by atoms with Gasteiger partial charge in [-0.05, 0) is 62.8 Å². The summed E-state index contributed by atoms with van der Waals surface area (Å²) in [4.78, 5) is 14.7. The van der Waals surface area contributed by atoms with Crippen LogP contribution < -0.4 is 5.32 Å². The molecule has 2 heterocycles. The monoisotopic (exact) mass is 450 g/mol. The minimum atomic E-state index is 0.0930. The molecule has 1 aromatic rings. The van der Waals surface area contributed by atoms with Gasteiger partial charge in [0.05, 0.1) is 0 Å². The molecule has 2 fully saturated rings. The number of nitrogens with one attached hydrogen (secondary N) is 1. The molecule has 1 unspecified atom stereocenters. The van der Waals surface area contributed by atoms with Gasteiger partial charge < -0.3 is 15.3 Å². The molecule has 168 valence electrons. The Bertz CT molecular complexity index is 666. The molecule has 0 spiro atoms. The molecule has 3 rings (SSSR count). The highest BCUT2D eigenvalue weighted by atomic mass is 33.1. The van der Waals surface area contributed by atoms with Gasteiger partial charge >= 0.3 is 0 Å². The lowest BCUT2D eigenvalue weighted by molar-refractivity contribution is -0.121. The fourth-order valence-electron chi connectivity index (χ4n) is 4.80. The maximum absolute atomic E-state index is 12.2. The third-order valence-corrected chi connectivity index (χ3v) is 9.71. The van der Waals surface area contributed by atoms with Crippen LogP contribution in [0.2, 0.25) is 0 Å². The van der Waals surface area contributed by atoms with E-state index >= 15 is 0 Å². The van der Waals surface area contributed by atoms with E-state index in [1.165, 1.54) is 43.4 Å². The fourth-order valence-corrected chi connectivity index (χ4v) is 7.83. The van der Waals surface area contributed by atoms with Gasteiger partial charge in [0.2, 0.25) is 5.91 Å². The lowest BCUT2D eigenvalue weighted by Gasteiger charge is -2.36. The number of carbonyl (C=O) groups excluding carboxylic acids is 1. The number of nitrogens with zero attached hydrogens (tertiary/aromatic N) is 1. The molecule has 2 aliphatic rings. The second-order valence-electron chi connectivity index (χ2n) is 8.84. The molecule has 2 aliphatic heterocycles. The van der Waals surface area contributed by atoms with E-state index < -0.39 is 0 Å². The molecule has 0 saturated carbocycles. The van der Waals surface area contributed by atoms with E-state index in [9.17, 15) is 9.90 Å². The third kappa shape index (κ3) is 7.10. The molecular weight excluding hydrogens is 412 g/mol. The summed E-state index contributed by atoms with van der Waals surface area (Å²) in [5.74, 6) is 1.85. The highest BCUT2D eigenvalue weighted by Gasteiger charge is 2.34. The lowest BCUT2D eigenvalue weighted by Crippen LogP contribution is -2.42. The predicted octanol–water partition coefficient (Wildman–Crippen LogP) is 5.36. The van der Waals surface area contributed by atoms with Gasteiger partial charge in [0, 0.05) is 42.5 Å². The first-order chi connectivity index (χ1) is 14.6. The van der Waals surface area contributed by atoms with E-state index in [-0.39, 0.29) is 11.3 Å². The molecule has 1 aromatic carbocycles. The summed E-state index contributed by atoms with van der Waals surface area (Å²) < 4.78 is 0. The average Bonchev–Trinajstić information content (AvgIpc) is 3.17. The van der Waals surface area contributed by atoms with E-state index in [0.29, 0.717) is 12.2 Å². The molecule has 2 saturated heterocycles. The molecule has 0 aliphatic carbocycles. The zero-order valence-corrected chi connectivity index (χ0v) is 20.0. The van der Waals surface area contributed by atoms with Crippen molar-refractivity contribution in [3.63, 3.8) is 0 Å². The van der Waals surface area contributed by atoms with Crippen LogP contribution >= 0.6 is 21.6 Å². The lowest BCUT2D eigenvalue weighted by atomic mass is 9.74. The van der Waals surface area contributed by atoms with Crippen molar-refractivity contribution in [2.24, 2.45) is 0 Å². The Hall–Kier alpha value is -0.850. The van der Waals surface area contributed by atoms with Crippen molar-refractivity contribution in [3.8, 4) is 5.75 Å². The van der Waals surface area contributed by atoms with Crippen LogP contribution in [0.1, 0.15) is 70.3 Å². The summed E-state index contributed by atoms with van der Waals surface area (Å²) in [7, 11) is 4.02. The van der Waals surface area contributed by atoms with Gasteiger partial charge in [-0.3, -0.25) is 4.79 Å². The molecule has 6 heteroatoms. The van der Waals surface area contributed by atoms with Crippen LogP contribution in [-0.2, 0) is 10.2 Å². The number of phenolic OH excluding ortho intramolecular Hbond substituents is 1. The quantitative estimate of drug-likeness (QED) is 0.371. The standard InChI is InChI=1S/C24H38N2O2S2/c1-2-24(20-8-7-9-21(27)18-20)13-5-6-15-26(19-24)16-14-25-23(28)11-4-3-10-22-12-17-29-30-22/h7-9,18,22,27H,2-6,10-17,19H2,1H3,(H,25,28)/t22?,24-/m1/s1. The number of hydrogen-bond donors (Lipinski definition) is 2. The van der Waals surface area contributed by atoms with Gasteiger partial charge in [-0.1, -0.05) is 53.5 Å². The molecular formula is C24H38N2O2S2. The smallest absolute Gasteiger partial charge is 0.220 e. The molecule has 0 aromatic heterocycles. The number of aromatic hydroxyl groups is 1. The summed E-state index contributed by atoms with van der Waals surface area (Å²) >= 11 is 0. The SMILES string of the molecule is CC[C@@]1(c2cccc(O)c2)CCCCN(CCNC(=O)CCCCC2CCSS2)C1. The minimum Gasteiger partial charge on any atom is -0.508 e. The Kier molecular flexibility index (Phi) is 9.72. The Morgan fingerprint density at radius 3 is 3.00 bits per heavy atom. The van der Waals surface area contributed by atoms with Crippen molar-refractivity contribution >= 4 is 27.5 Å². The van der Waals surface area contributed by atoms with Crippen LogP contribution in [0, 0.1) is 0 Å². The Morgan fingerprint density at radius 1 is 1.33 bits per heavy atom. The highest BCUT2D eigenvalue weighted by molar-refractivity contribution is 8.77. The molecule has 1 amide bonds. The van der Waals surface area contributed by atoms with Crippen molar-refractivity contribution in [2.45, 2.75) is 75.4 Å². The van der Waals surface area contributed by atoms with Crippen molar-refractivity contribution in [2.75, 3.05) is 31.9 Å². The number of carbonyl (C=O) groups is 1. The molecule has 2 N–H and O–H groups in total. The van der Waals surface area contributed by atoms with Crippen LogP contribution in [0.3, 0.4) is 0 Å². The molecule has 0 radical (unpaired) electrons. The van der Waals surface area contributed by atoms with E-state index in [0.717, 1.165) is 50.7 Å². The van der Waals surface area contributed by atoms with Crippen LogP contribution in [0.15, 0.2) is 24.3 Å². The maximum Gasteiger partial charge on any atom is 0.220 e. The summed E-state index contributed by atoms with van der Waals surface area (Å²) in [6.07, 6.45) is 10.1. The first kappa shape index (κ1) is 23.8. The number of phenols is 1. The number of amides is 1. The van der Waals surface area contributed by atoms with Crippen molar-refractivity contribution in [3.05, 3.63) is 29.8 Å². The first-order valence-electron chi connectivity index (χ1n) is 11.7. The van der Waals surface area contributed by atoms with Gasteiger partial charge in [-0.2, -0.15) is 0 Å². The van der Waals surface area contributed by atoms with E-state index in [4.69, 9.17) is 0 Å². The topological polar surface area (TPSA) is 52.6 Å². The average molecular weight is 451 g/mol. The van der Waals surface area contributed by atoms with E-state index in [2.05, 4.69) is 23.2 Å². The molecule has 2 atom stereocenters. The van der Waals surface area contributed by atoms with Crippen molar-refractivity contribution in [1.29, 1.82) is 0 Å². The second-order valence-corrected chi connectivity index (χ2v) is 11.6. The molecule has 4 nitrogen and oxygen atoms in total. The zero-order valence-electron chi connectivity index (χ0n) is 18.4.